The summed E-state index contributed by atoms with van der Waals surface area (Å²) >= 11 is 0. The Kier molecular flexibility index (Phi) is 8.10. The van der Waals surface area contributed by atoms with Crippen LogP contribution >= 0.6 is 0 Å². The zero-order valence-electron chi connectivity index (χ0n) is 19.5. The standard InChI is InChI=1S/C24H32N4O6/c1-2-17(20(29)23-27-21-18(33-23)9-6-10-25-21)26-22(30)19(15-16-7-4-3-5-8-16)34-24(31)28-11-13-32-14-12-28/h6,9-10,16-17,19H,2-5,7-8,11-15H2,1H3,(H,26,30). The predicted octanol–water partition coefficient (Wildman–Crippen LogP) is 3.11. The number of amides is 2. The van der Waals surface area contributed by atoms with Crippen LogP contribution in [0.3, 0.4) is 0 Å². The van der Waals surface area contributed by atoms with Gasteiger partial charge in [0.05, 0.1) is 19.3 Å². The van der Waals surface area contributed by atoms with Gasteiger partial charge in [-0.2, -0.15) is 4.98 Å². The first kappa shape index (κ1) is 24.1. The number of carbonyl (C=O) groups excluding carboxylic acids is 3. The van der Waals surface area contributed by atoms with Crippen molar-refractivity contribution in [1.29, 1.82) is 0 Å². The number of rotatable bonds is 8. The fraction of sp³-hybridized carbons (Fsp3) is 0.625. The lowest BCUT2D eigenvalue weighted by atomic mass is 9.85. The van der Waals surface area contributed by atoms with Crippen molar-refractivity contribution >= 4 is 29.0 Å². The molecule has 1 aliphatic carbocycles. The van der Waals surface area contributed by atoms with E-state index in [1.165, 1.54) is 6.42 Å². The topological polar surface area (TPSA) is 124 Å². The van der Waals surface area contributed by atoms with E-state index in [1.807, 2.05) is 0 Å². The molecule has 10 heteroatoms. The van der Waals surface area contributed by atoms with Crippen LogP contribution in [-0.2, 0) is 14.3 Å². The number of hydrogen-bond acceptors (Lipinski definition) is 8. The van der Waals surface area contributed by atoms with Crippen molar-refractivity contribution in [1.82, 2.24) is 20.2 Å². The van der Waals surface area contributed by atoms with Crippen molar-refractivity contribution in [3.63, 3.8) is 0 Å². The number of nitrogens with zero attached hydrogens (tertiary/aromatic N) is 3. The summed E-state index contributed by atoms with van der Waals surface area (Å²) in [5, 5.41) is 2.78. The number of Topliss-reactive ketones (excluding diaryl/α,β-unsaturated/α-hetero) is 1. The number of nitrogens with one attached hydrogen (secondary N) is 1. The minimum atomic E-state index is -0.967. The van der Waals surface area contributed by atoms with E-state index in [1.54, 1.807) is 30.2 Å². The van der Waals surface area contributed by atoms with Gasteiger partial charge < -0.3 is 24.1 Å². The summed E-state index contributed by atoms with van der Waals surface area (Å²) in [7, 11) is 0. The van der Waals surface area contributed by atoms with Crippen molar-refractivity contribution in [2.45, 2.75) is 64.0 Å². The van der Waals surface area contributed by atoms with Crippen molar-refractivity contribution < 1.29 is 28.3 Å². The number of ketones is 1. The summed E-state index contributed by atoms with van der Waals surface area (Å²) in [4.78, 5) is 48.8. The number of ether oxygens (including phenoxy) is 2. The number of hydrogen-bond donors (Lipinski definition) is 1. The molecule has 0 radical (unpaired) electrons. The molecule has 2 unspecified atom stereocenters. The highest BCUT2D eigenvalue weighted by atomic mass is 16.6. The maximum Gasteiger partial charge on any atom is 0.410 e. The normalized spacial score (nSPS) is 18.9. The van der Waals surface area contributed by atoms with Gasteiger partial charge in [0.2, 0.25) is 5.78 Å². The van der Waals surface area contributed by atoms with Gasteiger partial charge in [0.1, 0.15) is 0 Å². The van der Waals surface area contributed by atoms with Crippen LogP contribution in [0.25, 0.3) is 11.2 Å². The van der Waals surface area contributed by atoms with Gasteiger partial charge >= 0.3 is 6.09 Å². The summed E-state index contributed by atoms with van der Waals surface area (Å²) in [5.74, 6) is -0.706. The quantitative estimate of drug-likeness (QED) is 0.581. The maximum absolute atomic E-state index is 13.3. The van der Waals surface area contributed by atoms with Crippen molar-refractivity contribution in [3.05, 3.63) is 24.2 Å². The minimum Gasteiger partial charge on any atom is -0.436 e. The van der Waals surface area contributed by atoms with Gasteiger partial charge in [-0.05, 0) is 30.9 Å². The Balaban J connectivity index is 1.45. The lowest BCUT2D eigenvalue weighted by molar-refractivity contribution is -0.132. The molecule has 1 N–H and O–H groups in total. The second-order valence-electron chi connectivity index (χ2n) is 8.89. The number of oxazole rings is 1. The number of pyridine rings is 1. The van der Waals surface area contributed by atoms with Crippen LogP contribution in [0.1, 0.15) is 62.6 Å². The lowest BCUT2D eigenvalue weighted by Crippen LogP contribution is -2.49. The highest BCUT2D eigenvalue weighted by Gasteiger charge is 2.33. The summed E-state index contributed by atoms with van der Waals surface area (Å²) < 4.78 is 16.5. The van der Waals surface area contributed by atoms with Crippen molar-refractivity contribution in [2.24, 2.45) is 5.92 Å². The summed E-state index contributed by atoms with van der Waals surface area (Å²) in [6.07, 6.45) is 6.27. The van der Waals surface area contributed by atoms with Gasteiger partial charge in [0.25, 0.3) is 11.8 Å². The Labute approximate surface area is 198 Å². The zero-order chi connectivity index (χ0) is 23.9. The second-order valence-corrected chi connectivity index (χ2v) is 8.89. The Bertz CT molecular complexity index is 963. The molecule has 2 fully saturated rings. The maximum atomic E-state index is 13.3. The van der Waals surface area contributed by atoms with Crippen LogP contribution in [-0.4, -0.2) is 71.1 Å². The van der Waals surface area contributed by atoms with E-state index >= 15 is 0 Å². The number of fused-ring (bicyclic) bond motifs is 1. The molecular formula is C24H32N4O6. The fourth-order valence-electron chi connectivity index (χ4n) is 4.52. The molecule has 2 amide bonds. The molecule has 10 nitrogen and oxygen atoms in total. The molecule has 1 saturated carbocycles. The van der Waals surface area contributed by atoms with Crippen molar-refractivity contribution in [3.8, 4) is 0 Å². The van der Waals surface area contributed by atoms with E-state index in [-0.39, 0.29) is 5.89 Å². The zero-order valence-corrected chi connectivity index (χ0v) is 19.5. The Hall–Kier alpha value is -3.01. The largest absolute Gasteiger partial charge is 0.436 e. The van der Waals surface area contributed by atoms with Crippen LogP contribution in [0, 0.1) is 5.92 Å². The Morgan fingerprint density at radius 3 is 2.68 bits per heavy atom. The number of morpholine rings is 1. The lowest BCUT2D eigenvalue weighted by Gasteiger charge is -2.30. The highest BCUT2D eigenvalue weighted by molar-refractivity contribution is 6.00. The Morgan fingerprint density at radius 2 is 1.97 bits per heavy atom. The number of carbonyl (C=O) groups is 3. The first-order valence-corrected chi connectivity index (χ1v) is 12.1. The molecule has 1 aliphatic heterocycles. The van der Waals surface area contributed by atoms with Crippen molar-refractivity contribution in [2.75, 3.05) is 26.3 Å². The molecule has 4 rings (SSSR count). The molecule has 3 heterocycles. The first-order chi connectivity index (χ1) is 16.5. The summed E-state index contributed by atoms with van der Waals surface area (Å²) in [6.45, 7) is 3.54. The second kappa shape index (κ2) is 11.4. The van der Waals surface area contributed by atoms with Crippen LogP contribution in [0.5, 0.6) is 0 Å². The van der Waals surface area contributed by atoms with Gasteiger partial charge in [0, 0.05) is 19.3 Å². The first-order valence-electron chi connectivity index (χ1n) is 12.1. The van der Waals surface area contributed by atoms with Gasteiger partial charge in [-0.25, -0.2) is 9.78 Å². The van der Waals surface area contributed by atoms with E-state index in [2.05, 4.69) is 15.3 Å². The van der Waals surface area contributed by atoms with E-state index in [4.69, 9.17) is 13.9 Å². The molecular weight excluding hydrogens is 440 g/mol. The molecule has 2 aliphatic rings. The summed E-state index contributed by atoms with van der Waals surface area (Å²) in [5.41, 5.74) is 0.739. The average Bonchev–Trinajstić information content (AvgIpc) is 3.32. The molecule has 2 aromatic heterocycles. The predicted molar refractivity (Wildman–Crippen MR) is 122 cm³/mol. The average molecular weight is 473 g/mol. The van der Waals surface area contributed by atoms with E-state index in [0.29, 0.717) is 56.3 Å². The third kappa shape index (κ3) is 5.91. The number of aromatic nitrogens is 2. The minimum absolute atomic E-state index is 0.102. The van der Waals surface area contributed by atoms with E-state index in [9.17, 15) is 14.4 Å². The van der Waals surface area contributed by atoms with E-state index < -0.39 is 29.9 Å². The third-order valence-electron chi connectivity index (χ3n) is 6.49. The summed E-state index contributed by atoms with van der Waals surface area (Å²) in [6, 6.07) is 2.52. The van der Waals surface area contributed by atoms with Gasteiger partial charge in [-0.15, -0.1) is 0 Å². The van der Waals surface area contributed by atoms with Crippen LogP contribution in [0.2, 0.25) is 0 Å². The SMILES string of the molecule is CCC(NC(=O)C(CC1CCCCC1)OC(=O)N1CCOCC1)C(=O)c1nc2ncccc2o1. The van der Waals surface area contributed by atoms with E-state index in [0.717, 1.165) is 25.7 Å². The van der Waals surface area contributed by atoms with Crippen LogP contribution in [0.15, 0.2) is 22.7 Å². The molecule has 0 spiro atoms. The fourth-order valence-corrected chi connectivity index (χ4v) is 4.52. The molecule has 34 heavy (non-hydrogen) atoms. The van der Waals surface area contributed by atoms with Gasteiger partial charge in [-0.1, -0.05) is 39.0 Å². The molecule has 0 aromatic carbocycles. The molecule has 2 atom stereocenters. The van der Waals surface area contributed by atoms with Gasteiger partial charge in [0.15, 0.2) is 17.3 Å². The molecule has 184 valence electrons. The molecule has 2 aromatic rings. The Morgan fingerprint density at radius 1 is 1.21 bits per heavy atom. The molecule has 0 bridgehead atoms. The van der Waals surface area contributed by atoms with Crippen LogP contribution in [0.4, 0.5) is 4.79 Å². The van der Waals surface area contributed by atoms with Crippen LogP contribution < -0.4 is 5.32 Å². The smallest absolute Gasteiger partial charge is 0.410 e. The van der Waals surface area contributed by atoms with Gasteiger partial charge in [-0.3, -0.25) is 9.59 Å². The molecule has 1 saturated heterocycles. The highest BCUT2D eigenvalue weighted by Crippen LogP contribution is 2.28. The third-order valence-corrected chi connectivity index (χ3v) is 6.49. The monoisotopic (exact) mass is 472 g/mol.